The molecule has 2 aliphatic rings. The number of carbonyl (C=O) groups excluding carboxylic acids is 1. The predicted molar refractivity (Wildman–Crippen MR) is 97.2 cm³/mol. The van der Waals surface area contributed by atoms with Crippen LogP contribution in [0.4, 0.5) is 0 Å². The molecule has 1 aromatic carbocycles. The van der Waals surface area contributed by atoms with Crippen molar-refractivity contribution in [3.63, 3.8) is 0 Å². The lowest BCUT2D eigenvalue weighted by molar-refractivity contribution is -0.132. The first-order valence-corrected chi connectivity index (χ1v) is 9.22. The highest BCUT2D eigenvalue weighted by atomic mass is 16.5. The van der Waals surface area contributed by atoms with E-state index >= 15 is 0 Å². The number of nitrogens with zero attached hydrogens (tertiary/aromatic N) is 3. The number of amides is 1. The molecule has 7 nitrogen and oxygen atoms in total. The van der Waals surface area contributed by atoms with Gasteiger partial charge in [0, 0.05) is 19.2 Å². The third kappa shape index (κ3) is 3.50. The van der Waals surface area contributed by atoms with Gasteiger partial charge in [-0.3, -0.25) is 4.79 Å². The predicted octanol–water partition coefficient (Wildman–Crippen LogP) is 1.43. The number of likely N-dealkylation sites (N-methyl/N-ethyl adjacent to an activating group) is 1. The molecule has 0 aliphatic carbocycles. The molecule has 2 saturated heterocycles. The Morgan fingerprint density at radius 1 is 1.31 bits per heavy atom. The van der Waals surface area contributed by atoms with E-state index < -0.39 is 0 Å². The average Bonchev–Trinajstić information content (AvgIpc) is 3.30. The molecular formula is C19H25N5O2. The fourth-order valence-corrected chi connectivity index (χ4v) is 4.00. The van der Waals surface area contributed by atoms with Crippen LogP contribution in [0.1, 0.15) is 25.2 Å². The Morgan fingerprint density at radius 2 is 2.08 bits per heavy atom. The van der Waals surface area contributed by atoms with E-state index in [-0.39, 0.29) is 17.4 Å². The maximum Gasteiger partial charge on any atom is 0.246 e. The minimum Gasteiger partial charge on any atom is -0.337 e. The highest BCUT2D eigenvalue weighted by molar-refractivity contribution is 5.82. The second kappa shape index (κ2) is 7.17. The van der Waals surface area contributed by atoms with Gasteiger partial charge in [0.2, 0.25) is 17.6 Å². The Bertz CT molecular complexity index is 754. The molecule has 2 aliphatic heterocycles. The number of piperidine rings is 1. The Morgan fingerprint density at radius 3 is 2.85 bits per heavy atom. The second-order valence-electron chi connectivity index (χ2n) is 7.46. The Hall–Kier alpha value is -2.25. The lowest BCUT2D eigenvalue weighted by Gasteiger charge is -2.33. The van der Waals surface area contributed by atoms with Gasteiger partial charge in [-0.25, -0.2) is 0 Å². The third-order valence-electron chi connectivity index (χ3n) is 5.57. The van der Waals surface area contributed by atoms with Crippen LogP contribution >= 0.6 is 0 Å². The van der Waals surface area contributed by atoms with E-state index in [1.54, 1.807) is 11.9 Å². The van der Waals surface area contributed by atoms with Crippen LogP contribution in [-0.4, -0.2) is 53.7 Å². The zero-order valence-electron chi connectivity index (χ0n) is 15.1. The molecular weight excluding hydrogens is 330 g/mol. The monoisotopic (exact) mass is 355 g/mol. The molecule has 7 heteroatoms. The quantitative estimate of drug-likeness (QED) is 0.863. The van der Waals surface area contributed by atoms with E-state index in [9.17, 15) is 4.79 Å². The van der Waals surface area contributed by atoms with Gasteiger partial charge >= 0.3 is 0 Å². The lowest BCUT2D eigenvalue weighted by atomic mass is 9.77. The van der Waals surface area contributed by atoms with Crippen LogP contribution in [0.25, 0.3) is 11.4 Å². The van der Waals surface area contributed by atoms with Gasteiger partial charge in [0.1, 0.15) is 0 Å². The highest BCUT2D eigenvalue weighted by Crippen LogP contribution is 2.37. The van der Waals surface area contributed by atoms with Gasteiger partial charge < -0.3 is 20.1 Å². The van der Waals surface area contributed by atoms with Crippen molar-refractivity contribution in [2.45, 2.75) is 31.8 Å². The van der Waals surface area contributed by atoms with E-state index in [1.165, 1.54) is 0 Å². The van der Waals surface area contributed by atoms with Gasteiger partial charge in [0.25, 0.3) is 0 Å². The standard InChI is InChI=1S/C19H25N5O2/c1-24(12-16-22-17(23-26-16)14-5-3-2-4-6-14)18(25)15-11-19(13-21-15)7-9-20-10-8-19/h2-6,15,20-21H,7-13H2,1H3/t15-/m0/s1. The van der Waals surface area contributed by atoms with Crippen LogP contribution in [0.2, 0.25) is 0 Å². The molecule has 2 aromatic rings. The zero-order chi connectivity index (χ0) is 18.0. The van der Waals surface area contributed by atoms with Crippen LogP contribution in [-0.2, 0) is 11.3 Å². The molecule has 1 spiro atoms. The van der Waals surface area contributed by atoms with Crippen molar-refractivity contribution in [3.05, 3.63) is 36.2 Å². The molecule has 138 valence electrons. The summed E-state index contributed by atoms with van der Waals surface area (Å²) in [6, 6.07) is 9.57. The molecule has 0 bridgehead atoms. The SMILES string of the molecule is CN(Cc1nc(-c2ccccc2)no1)C(=O)[C@@H]1CC2(CCNCC2)CN1. The largest absolute Gasteiger partial charge is 0.337 e. The van der Waals surface area contributed by atoms with Crippen molar-refractivity contribution >= 4 is 5.91 Å². The summed E-state index contributed by atoms with van der Waals surface area (Å²) in [5, 5.41) is 10.8. The molecule has 2 fully saturated rings. The van der Waals surface area contributed by atoms with E-state index in [1.807, 2.05) is 30.3 Å². The summed E-state index contributed by atoms with van der Waals surface area (Å²) in [7, 11) is 1.80. The van der Waals surface area contributed by atoms with Gasteiger partial charge in [0.05, 0.1) is 12.6 Å². The van der Waals surface area contributed by atoms with Crippen molar-refractivity contribution in [1.29, 1.82) is 0 Å². The summed E-state index contributed by atoms with van der Waals surface area (Å²) in [5.41, 5.74) is 1.18. The molecule has 0 saturated carbocycles. The van der Waals surface area contributed by atoms with Gasteiger partial charge in [0.15, 0.2) is 0 Å². The summed E-state index contributed by atoms with van der Waals surface area (Å²) < 4.78 is 5.33. The van der Waals surface area contributed by atoms with Gasteiger partial charge in [-0.1, -0.05) is 35.5 Å². The van der Waals surface area contributed by atoms with Crippen LogP contribution in [0, 0.1) is 5.41 Å². The first-order chi connectivity index (χ1) is 12.7. The van der Waals surface area contributed by atoms with Crippen LogP contribution in [0.3, 0.4) is 0 Å². The van der Waals surface area contributed by atoms with Crippen molar-refractivity contribution < 1.29 is 9.32 Å². The number of carbonyl (C=O) groups is 1. The topological polar surface area (TPSA) is 83.3 Å². The lowest BCUT2D eigenvalue weighted by Crippen LogP contribution is -2.41. The molecule has 1 atom stereocenters. The van der Waals surface area contributed by atoms with Gasteiger partial charge in [-0.15, -0.1) is 0 Å². The molecule has 2 N–H and O–H groups in total. The first-order valence-electron chi connectivity index (χ1n) is 9.22. The highest BCUT2D eigenvalue weighted by Gasteiger charge is 2.42. The fraction of sp³-hybridized carbons (Fsp3) is 0.526. The fourth-order valence-electron chi connectivity index (χ4n) is 4.00. The Balaban J connectivity index is 1.37. The van der Waals surface area contributed by atoms with Gasteiger partial charge in [-0.2, -0.15) is 4.98 Å². The van der Waals surface area contributed by atoms with E-state index in [0.29, 0.717) is 18.3 Å². The minimum atomic E-state index is -0.116. The Labute approximate surface area is 153 Å². The van der Waals surface area contributed by atoms with Crippen molar-refractivity contribution in [3.8, 4) is 11.4 Å². The van der Waals surface area contributed by atoms with Crippen molar-refractivity contribution in [2.24, 2.45) is 5.41 Å². The maximum absolute atomic E-state index is 12.8. The molecule has 0 unspecified atom stereocenters. The van der Waals surface area contributed by atoms with Crippen LogP contribution in [0.15, 0.2) is 34.9 Å². The van der Waals surface area contributed by atoms with Crippen molar-refractivity contribution in [1.82, 2.24) is 25.7 Å². The molecule has 1 aromatic heterocycles. The number of hydrogen-bond acceptors (Lipinski definition) is 6. The molecule has 26 heavy (non-hydrogen) atoms. The number of nitrogens with one attached hydrogen (secondary N) is 2. The van der Waals surface area contributed by atoms with E-state index in [2.05, 4.69) is 20.8 Å². The number of aromatic nitrogens is 2. The van der Waals surface area contributed by atoms with Gasteiger partial charge in [-0.05, 0) is 37.8 Å². The molecule has 3 heterocycles. The van der Waals surface area contributed by atoms with Crippen molar-refractivity contribution in [2.75, 3.05) is 26.7 Å². The smallest absolute Gasteiger partial charge is 0.246 e. The average molecular weight is 355 g/mol. The molecule has 0 radical (unpaired) electrons. The minimum absolute atomic E-state index is 0.0971. The summed E-state index contributed by atoms with van der Waals surface area (Å²) in [6.07, 6.45) is 3.19. The summed E-state index contributed by atoms with van der Waals surface area (Å²) in [5.74, 6) is 1.10. The maximum atomic E-state index is 12.8. The number of hydrogen-bond donors (Lipinski definition) is 2. The molecule has 4 rings (SSSR count). The summed E-state index contributed by atoms with van der Waals surface area (Å²) in [6.45, 7) is 3.34. The zero-order valence-corrected chi connectivity index (χ0v) is 15.1. The van der Waals surface area contributed by atoms with E-state index in [4.69, 9.17) is 4.52 Å². The number of benzene rings is 1. The third-order valence-corrected chi connectivity index (χ3v) is 5.57. The summed E-state index contributed by atoms with van der Waals surface area (Å²) >= 11 is 0. The van der Waals surface area contributed by atoms with Crippen LogP contribution in [0.5, 0.6) is 0 Å². The van der Waals surface area contributed by atoms with Crippen LogP contribution < -0.4 is 10.6 Å². The number of rotatable bonds is 4. The Kier molecular flexibility index (Phi) is 4.74. The first kappa shape index (κ1) is 17.2. The normalized spacial score (nSPS) is 21.8. The second-order valence-corrected chi connectivity index (χ2v) is 7.46. The van der Waals surface area contributed by atoms with E-state index in [0.717, 1.165) is 44.5 Å². The summed E-state index contributed by atoms with van der Waals surface area (Å²) in [4.78, 5) is 18.9. The molecule has 1 amide bonds.